The van der Waals surface area contributed by atoms with E-state index in [1.807, 2.05) is 0 Å². The average molecular weight is 428 g/mol. The normalized spacial score (nSPS) is 18.7. The van der Waals surface area contributed by atoms with Gasteiger partial charge in [0.2, 0.25) is 5.91 Å². The van der Waals surface area contributed by atoms with Gasteiger partial charge >= 0.3 is 6.18 Å². The van der Waals surface area contributed by atoms with Crippen LogP contribution in [0.25, 0.3) is 0 Å². The van der Waals surface area contributed by atoms with Gasteiger partial charge in [0.1, 0.15) is 5.82 Å². The van der Waals surface area contributed by atoms with Crippen LogP contribution in [0.5, 0.6) is 0 Å². The van der Waals surface area contributed by atoms with Gasteiger partial charge < -0.3 is 4.90 Å². The highest BCUT2D eigenvalue weighted by Gasteiger charge is 2.39. The number of anilines is 2. The van der Waals surface area contributed by atoms with Crippen LogP contribution in [0.2, 0.25) is 0 Å². The van der Waals surface area contributed by atoms with Crippen LogP contribution in [0, 0.1) is 5.82 Å². The number of alkyl halides is 3. The number of carbonyl (C=O) groups excluding carboxylic acids is 1. The highest BCUT2D eigenvalue weighted by molar-refractivity contribution is 7.92. The maximum absolute atomic E-state index is 13.5. The first-order valence-electron chi connectivity index (χ1n) is 8.87. The fourth-order valence-corrected chi connectivity index (χ4v) is 4.98. The molecule has 0 radical (unpaired) electrons. The summed E-state index contributed by atoms with van der Waals surface area (Å²) in [5.74, 6) is -2.09. The molecule has 2 aliphatic heterocycles. The number of halogens is 4. The quantitative estimate of drug-likeness (QED) is 0.751. The van der Waals surface area contributed by atoms with E-state index >= 15 is 0 Å². The van der Waals surface area contributed by atoms with Crippen LogP contribution in [0.1, 0.15) is 36.0 Å². The summed E-state index contributed by atoms with van der Waals surface area (Å²) >= 11 is 0. The zero-order valence-corrected chi connectivity index (χ0v) is 16.0. The molecule has 0 aromatic heterocycles. The molecule has 2 heterocycles. The number of rotatable bonds is 3. The number of nitrogens with one attached hydrogen (secondary N) is 1. The molecule has 29 heavy (non-hydrogen) atoms. The molecule has 0 bridgehead atoms. The number of amides is 1. The van der Waals surface area contributed by atoms with Crippen molar-refractivity contribution in [2.24, 2.45) is 0 Å². The molecule has 2 aromatic carbocycles. The summed E-state index contributed by atoms with van der Waals surface area (Å²) in [5.41, 5.74) is 0.0636. The summed E-state index contributed by atoms with van der Waals surface area (Å²) in [5, 5.41) is 0. The van der Waals surface area contributed by atoms with E-state index in [1.165, 1.54) is 12.1 Å². The summed E-state index contributed by atoms with van der Waals surface area (Å²) < 4.78 is 79.9. The van der Waals surface area contributed by atoms with Gasteiger partial charge in [-0.05, 0) is 61.2 Å². The molecule has 2 aromatic rings. The zero-order valence-electron chi connectivity index (χ0n) is 15.2. The highest BCUT2D eigenvalue weighted by atomic mass is 32.2. The number of hydrogen-bond donors (Lipinski definition) is 1. The number of benzene rings is 2. The van der Waals surface area contributed by atoms with E-state index in [0.717, 1.165) is 11.8 Å². The topological polar surface area (TPSA) is 66.5 Å². The Hall–Kier alpha value is -2.62. The van der Waals surface area contributed by atoms with Gasteiger partial charge in [-0.15, -0.1) is 0 Å². The lowest BCUT2D eigenvalue weighted by molar-refractivity contribution is -0.139. The van der Waals surface area contributed by atoms with E-state index in [1.54, 1.807) is 11.8 Å². The Labute approximate surface area is 164 Å². The highest BCUT2D eigenvalue weighted by Crippen LogP contribution is 2.44. The Kier molecular flexibility index (Phi) is 4.38. The van der Waals surface area contributed by atoms with Crippen molar-refractivity contribution in [1.82, 2.24) is 0 Å². The van der Waals surface area contributed by atoms with Crippen molar-refractivity contribution in [3.05, 3.63) is 52.8 Å². The Bertz CT molecular complexity index is 1130. The second kappa shape index (κ2) is 6.45. The van der Waals surface area contributed by atoms with Crippen molar-refractivity contribution in [1.29, 1.82) is 0 Å². The van der Waals surface area contributed by atoms with E-state index in [-0.39, 0.29) is 10.8 Å². The third-order valence-corrected chi connectivity index (χ3v) is 6.59. The first kappa shape index (κ1) is 19.7. The molecular formula is C19H16F4N2O3S. The van der Waals surface area contributed by atoms with Gasteiger partial charge in [-0.3, -0.25) is 9.52 Å². The number of carbonyl (C=O) groups is 1. The van der Waals surface area contributed by atoms with Gasteiger partial charge in [0.05, 0.1) is 22.1 Å². The van der Waals surface area contributed by atoms with Crippen molar-refractivity contribution in [3.8, 4) is 0 Å². The van der Waals surface area contributed by atoms with E-state index in [2.05, 4.69) is 4.72 Å². The third kappa shape index (κ3) is 3.25. The maximum atomic E-state index is 13.5. The maximum Gasteiger partial charge on any atom is 0.419 e. The zero-order chi connectivity index (χ0) is 21.1. The Morgan fingerprint density at radius 3 is 2.59 bits per heavy atom. The smallest absolute Gasteiger partial charge is 0.311 e. The van der Waals surface area contributed by atoms with Crippen LogP contribution in [0.4, 0.5) is 28.9 Å². The standard InChI is InChI=1S/C19H16F4N2O3S/c1-10-14-9-13(7-11-3-2-6-25(17(11)14)18(10)26)29(27,28)24-12-4-5-16(20)15(8-12)19(21,22)23/h4-5,7-10,24H,2-3,6H2,1H3/t10-/m0/s1. The molecular weight excluding hydrogens is 412 g/mol. The number of sulfonamides is 1. The van der Waals surface area contributed by atoms with Crippen LogP contribution in [0.15, 0.2) is 35.2 Å². The molecule has 5 nitrogen and oxygen atoms in total. The number of aryl methyl sites for hydroxylation is 1. The molecule has 0 aliphatic carbocycles. The van der Waals surface area contributed by atoms with Crippen molar-refractivity contribution in [2.45, 2.75) is 36.8 Å². The first-order valence-corrected chi connectivity index (χ1v) is 10.3. The van der Waals surface area contributed by atoms with Crippen LogP contribution >= 0.6 is 0 Å². The van der Waals surface area contributed by atoms with Crippen molar-refractivity contribution in [3.63, 3.8) is 0 Å². The van der Waals surface area contributed by atoms with Crippen molar-refractivity contribution < 1.29 is 30.8 Å². The second-order valence-corrected chi connectivity index (χ2v) is 8.82. The van der Waals surface area contributed by atoms with Crippen LogP contribution in [0.3, 0.4) is 0 Å². The Balaban J connectivity index is 1.74. The fraction of sp³-hybridized carbons (Fsp3) is 0.316. The predicted octanol–water partition coefficient (Wildman–Crippen LogP) is 4.04. The minimum Gasteiger partial charge on any atom is -0.311 e. The Morgan fingerprint density at radius 2 is 1.90 bits per heavy atom. The Morgan fingerprint density at radius 1 is 1.17 bits per heavy atom. The number of nitrogens with zero attached hydrogens (tertiary/aromatic N) is 1. The summed E-state index contributed by atoms with van der Waals surface area (Å²) in [4.78, 5) is 13.9. The predicted molar refractivity (Wildman–Crippen MR) is 97.7 cm³/mol. The van der Waals surface area contributed by atoms with Gasteiger partial charge in [-0.25, -0.2) is 12.8 Å². The van der Waals surface area contributed by atoms with Gasteiger partial charge in [0, 0.05) is 12.2 Å². The van der Waals surface area contributed by atoms with Crippen LogP contribution < -0.4 is 9.62 Å². The molecule has 2 aliphatic rings. The minimum atomic E-state index is -4.96. The lowest BCUT2D eigenvalue weighted by atomic mass is 9.97. The molecule has 10 heteroatoms. The van der Waals surface area contributed by atoms with E-state index < -0.39 is 39.2 Å². The van der Waals surface area contributed by atoms with E-state index in [9.17, 15) is 30.8 Å². The summed E-state index contributed by atoms with van der Waals surface area (Å²) in [6.45, 7) is 2.26. The molecule has 0 spiro atoms. The molecule has 0 fully saturated rings. The molecule has 1 N–H and O–H groups in total. The summed E-state index contributed by atoms with van der Waals surface area (Å²) in [6, 6.07) is 4.72. The molecule has 0 unspecified atom stereocenters. The van der Waals surface area contributed by atoms with Gasteiger partial charge in [-0.2, -0.15) is 13.2 Å². The van der Waals surface area contributed by atoms with Crippen LogP contribution in [-0.2, 0) is 27.4 Å². The molecule has 0 saturated carbocycles. The third-order valence-electron chi connectivity index (χ3n) is 5.23. The van der Waals surface area contributed by atoms with Gasteiger partial charge in [0.15, 0.2) is 0 Å². The molecule has 4 rings (SSSR count). The second-order valence-electron chi connectivity index (χ2n) is 7.13. The summed E-state index contributed by atoms with van der Waals surface area (Å²) in [7, 11) is -4.25. The molecule has 154 valence electrons. The van der Waals surface area contributed by atoms with E-state index in [4.69, 9.17) is 0 Å². The fourth-order valence-electron chi connectivity index (χ4n) is 3.84. The van der Waals surface area contributed by atoms with E-state index in [0.29, 0.717) is 42.6 Å². The lowest BCUT2D eigenvalue weighted by Crippen LogP contribution is -2.32. The van der Waals surface area contributed by atoms with Gasteiger partial charge in [0.25, 0.3) is 10.0 Å². The average Bonchev–Trinajstić information content (AvgIpc) is 2.89. The van der Waals surface area contributed by atoms with Gasteiger partial charge in [-0.1, -0.05) is 0 Å². The summed E-state index contributed by atoms with van der Waals surface area (Å²) in [6.07, 6.45) is -3.67. The minimum absolute atomic E-state index is 0.100. The SMILES string of the molecule is C[C@@H]1C(=O)N2CCCc3cc(S(=O)(=O)Nc4ccc(F)c(C(F)(F)F)c4)cc1c32. The van der Waals surface area contributed by atoms with Crippen molar-refractivity contribution >= 4 is 27.3 Å². The number of hydrogen-bond acceptors (Lipinski definition) is 3. The molecule has 1 amide bonds. The largest absolute Gasteiger partial charge is 0.419 e. The monoisotopic (exact) mass is 428 g/mol. The first-order chi connectivity index (χ1) is 13.5. The lowest BCUT2D eigenvalue weighted by Gasteiger charge is -2.26. The van der Waals surface area contributed by atoms with Crippen molar-refractivity contribution in [2.75, 3.05) is 16.2 Å². The molecule has 1 atom stereocenters. The van der Waals surface area contributed by atoms with Crippen LogP contribution in [-0.4, -0.2) is 20.9 Å². The molecule has 0 saturated heterocycles.